The molecule has 2 aromatic heterocycles. The van der Waals surface area contributed by atoms with Crippen LogP contribution in [-0.4, -0.2) is 31.8 Å². The van der Waals surface area contributed by atoms with E-state index < -0.39 is 22.7 Å². The molecule has 2 N–H and O–H groups in total. The van der Waals surface area contributed by atoms with Crippen LogP contribution in [0.15, 0.2) is 41.6 Å². The molecular formula is C28H37FN6O2. The number of carbonyl (C=O) groups excluding carboxylic acids is 1. The number of hydrogen-bond donors (Lipinski definition) is 2. The molecule has 1 amide bonds. The van der Waals surface area contributed by atoms with Crippen LogP contribution in [-0.2, 0) is 25.6 Å². The summed E-state index contributed by atoms with van der Waals surface area (Å²) >= 11 is 0. The van der Waals surface area contributed by atoms with Gasteiger partial charge in [-0.05, 0) is 67.0 Å². The van der Waals surface area contributed by atoms with Crippen molar-refractivity contribution < 1.29 is 9.18 Å². The molecule has 0 unspecified atom stereocenters. The van der Waals surface area contributed by atoms with E-state index in [0.29, 0.717) is 19.0 Å². The van der Waals surface area contributed by atoms with E-state index in [1.807, 2.05) is 18.5 Å². The molecule has 0 saturated heterocycles. The van der Waals surface area contributed by atoms with Crippen LogP contribution in [0.4, 0.5) is 10.1 Å². The van der Waals surface area contributed by atoms with Gasteiger partial charge in [-0.15, -0.1) is 10.2 Å². The van der Waals surface area contributed by atoms with E-state index in [1.165, 1.54) is 10.6 Å². The van der Waals surface area contributed by atoms with Gasteiger partial charge in [0.15, 0.2) is 0 Å². The van der Waals surface area contributed by atoms with Crippen molar-refractivity contribution in [3.05, 3.63) is 75.5 Å². The maximum atomic E-state index is 15.0. The van der Waals surface area contributed by atoms with Gasteiger partial charge < -0.3 is 19.8 Å². The van der Waals surface area contributed by atoms with Crippen molar-refractivity contribution in [2.45, 2.75) is 66.0 Å². The zero-order valence-corrected chi connectivity index (χ0v) is 22.6. The van der Waals surface area contributed by atoms with Gasteiger partial charge in [0.1, 0.15) is 23.5 Å². The fourth-order valence-corrected chi connectivity index (χ4v) is 5.60. The molecule has 0 bridgehead atoms. The number of hydrogen-bond acceptors (Lipinski definition) is 5. The molecule has 1 aliphatic rings. The normalized spacial score (nSPS) is 16.0. The van der Waals surface area contributed by atoms with E-state index in [4.69, 9.17) is 0 Å². The van der Waals surface area contributed by atoms with E-state index in [-0.39, 0.29) is 16.7 Å². The van der Waals surface area contributed by atoms with Gasteiger partial charge in [-0.1, -0.05) is 33.8 Å². The van der Waals surface area contributed by atoms with E-state index in [2.05, 4.69) is 48.5 Å². The first-order valence-electron chi connectivity index (χ1n) is 12.9. The second kappa shape index (κ2) is 10.2. The number of nitrogens with zero attached hydrogens (tertiary/aromatic N) is 4. The number of pyridine rings is 1. The van der Waals surface area contributed by atoms with Gasteiger partial charge in [0.2, 0.25) is 0 Å². The third-order valence-corrected chi connectivity index (χ3v) is 7.08. The molecule has 8 nitrogen and oxygen atoms in total. The number of halogens is 1. The Bertz CT molecular complexity index is 1350. The molecule has 1 aromatic carbocycles. The molecule has 1 saturated carbocycles. The molecule has 37 heavy (non-hydrogen) atoms. The second-order valence-electron chi connectivity index (χ2n) is 11.4. The van der Waals surface area contributed by atoms with Gasteiger partial charge >= 0.3 is 0 Å². The van der Waals surface area contributed by atoms with Crippen LogP contribution in [0.25, 0.3) is 0 Å². The van der Waals surface area contributed by atoms with Gasteiger partial charge in [-0.3, -0.25) is 9.59 Å². The molecule has 9 heteroatoms. The average molecular weight is 509 g/mol. The number of carbonyl (C=O) groups is 1. The van der Waals surface area contributed by atoms with Crippen molar-refractivity contribution in [1.82, 2.24) is 24.6 Å². The van der Waals surface area contributed by atoms with Crippen molar-refractivity contribution in [2.24, 2.45) is 18.4 Å². The third kappa shape index (κ3) is 5.37. The highest BCUT2D eigenvalue weighted by atomic mass is 19.1. The number of aryl methyl sites for hydroxylation is 2. The predicted octanol–water partition coefficient (Wildman–Crippen LogP) is 4.24. The van der Waals surface area contributed by atoms with E-state index in [9.17, 15) is 14.0 Å². The summed E-state index contributed by atoms with van der Waals surface area (Å²) in [4.78, 5) is 26.2. The maximum absolute atomic E-state index is 15.0. The Kier molecular flexibility index (Phi) is 7.37. The highest BCUT2D eigenvalue weighted by Gasteiger charge is 2.54. The minimum atomic E-state index is -0.629. The summed E-state index contributed by atoms with van der Waals surface area (Å²) in [5, 5.41) is 14.4. The standard InChI is InChI=1S/C28H37FN6O2/c1-7-35-14-19(13-30-12-18(2)3)10-21(25(35)37)24(36)32-23-11-20(8-9-22(23)29)28(15-27(4,5)16-28)26-33-31-17-34(26)6/h8-11,14,17-18,30H,7,12-13,15-16H2,1-6H3,(H,32,36). The largest absolute Gasteiger partial charge is 0.320 e. The van der Waals surface area contributed by atoms with Crippen molar-refractivity contribution in [3.8, 4) is 0 Å². The fourth-order valence-electron chi connectivity index (χ4n) is 5.60. The number of rotatable bonds is 9. The van der Waals surface area contributed by atoms with E-state index in [0.717, 1.165) is 36.3 Å². The van der Waals surface area contributed by atoms with Crippen LogP contribution in [0.3, 0.4) is 0 Å². The number of anilines is 1. The zero-order chi connectivity index (χ0) is 27.0. The van der Waals surface area contributed by atoms with E-state index >= 15 is 0 Å². The van der Waals surface area contributed by atoms with Crippen LogP contribution < -0.4 is 16.2 Å². The third-order valence-electron chi connectivity index (χ3n) is 7.08. The molecule has 3 aromatic rings. The summed E-state index contributed by atoms with van der Waals surface area (Å²) < 4.78 is 18.4. The topological polar surface area (TPSA) is 93.8 Å². The molecule has 2 heterocycles. The molecule has 198 valence electrons. The molecule has 0 atom stereocenters. The predicted molar refractivity (Wildman–Crippen MR) is 142 cm³/mol. The summed E-state index contributed by atoms with van der Waals surface area (Å²) in [6.07, 6.45) is 5.06. The monoisotopic (exact) mass is 508 g/mol. The quantitative estimate of drug-likeness (QED) is 0.451. The summed E-state index contributed by atoms with van der Waals surface area (Å²) in [7, 11) is 1.90. The highest BCUT2D eigenvalue weighted by molar-refractivity contribution is 6.04. The van der Waals surface area contributed by atoms with Crippen LogP contribution in [0, 0.1) is 17.2 Å². The molecule has 0 spiro atoms. The first-order chi connectivity index (χ1) is 17.5. The highest BCUT2D eigenvalue weighted by Crippen LogP contribution is 2.58. The van der Waals surface area contributed by atoms with Gasteiger partial charge in [0.05, 0.1) is 11.1 Å². The first kappa shape index (κ1) is 26.7. The number of nitrogens with one attached hydrogen (secondary N) is 2. The second-order valence-corrected chi connectivity index (χ2v) is 11.4. The smallest absolute Gasteiger partial charge is 0.263 e. The van der Waals surface area contributed by atoms with Crippen molar-refractivity contribution in [2.75, 3.05) is 11.9 Å². The lowest BCUT2D eigenvalue weighted by Gasteiger charge is -2.52. The fraction of sp³-hybridized carbons (Fsp3) is 0.500. The molecule has 0 radical (unpaired) electrons. The summed E-state index contributed by atoms with van der Waals surface area (Å²) in [6.45, 7) is 12.2. The number of benzene rings is 1. The van der Waals surface area contributed by atoms with Gasteiger partial charge in [-0.2, -0.15) is 0 Å². The molecule has 1 fully saturated rings. The Hall–Kier alpha value is -3.33. The van der Waals surface area contributed by atoms with E-state index in [1.54, 1.807) is 30.7 Å². The Morgan fingerprint density at radius 3 is 2.54 bits per heavy atom. The minimum absolute atomic E-state index is 0.0108. The lowest BCUT2D eigenvalue weighted by Crippen LogP contribution is -2.49. The molecule has 1 aliphatic carbocycles. The maximum Gasteiger partial charge on any atom is 0.263 e. The number of aromatic nitrogens is 4. The Balaban J connectivity index is 1.66. The van der Waals surface area contributed by atoms with Gasteiger partial charge in [0, 0.05) is 26.3 Å². The molecule has 0 aliphatic heterocycles. The Labute approximate surface area is 217 Å². The SMILES string of the molecule is CCn1cc(CNCC(C)C)cc(C(=O)Nc2cc(C3(c4nncn4C)CC(C)(C)C3)ccc2F)c1=O. The first-order valence-corrected chi connectivity index (χ1v) is 12.9. The van der Waals surface area contributed by atoms with Crippen LogP contribution in [0.2, 0.25) is 0 Å². The molecular weight excluding hydrogens is 471 g/mol. The average Bonchev–Trinajstić information content (AvgIpc) is 3.25. The van der Waals surface area contributed by atoms with Crippen molar-refractivity contribution in [3.63, 3.8) is 0 Å². The summed E-state index contributed by atoms with van der Waals surface area (Å²) in [6, 6.07) is 6.38. The summed E-state index contributed by atoms with van der Waals surface area (Å²) in [5.41, 5.74) is 0.970. The van der Waals surface area contributed by atoms with Crippen molar-refractivity contribution >= 4 is 11.6 Å². The van der Waals surface area contributed by atoms with Crippen LogP contribution in [0.1, 0.15) is 74.8 Å². The summed E-state index contributed by atoms with van der Waals surface area (Å²) in [5.74, 6) is 0.0919. The van der Waals surface area contributed by atoms with Crippen LogP contribution in [0.5, 0.6) is 0 Å². The molecule has 4 rings (SSSR count). The minimum Gasteiger partial charge on any atom is -0.320 e. The lowest BCUT2D eigenvalue weighted by atomic mass is 9.51. The van der Waals surface area contributed by atoms with Crippen molar-refractivity contribution in [1.29, 1.82) is 0 Å². The lowest BCUT2D eigenvalue weighted by molar-refractivity contribution is 0.0790. The Morgan fingerprint density at radius 1 is 1.22 bits per heavy atom. The van der Waals surface area contributed by atoms with Crippen LogP contribution >= 0.6 is 0 Å². The number of amides is 1. The Morgan fingerprint density at radius 2 is 1.95 bits per heavy atom. The van der Waals surface area contributed by atoms with Gasteiger partial charge in [-0.25, -0.2) is 4.39 Å². The zero-order valence-electron chi connectivity index (χ0n) is 22.6. The van der Waals surface area contributed by atoms with Gasteiger partial charge in [0.25, 0.3) is 11.5 Å².